The summed E-state index contributed by atoms with van der Waals surface area (Å²) in [5, 5.41) is 0. The third kappa shape index (κ3) is 2.42. The highest BCUT2D eigenvalue weighted by atomic mass is 16.5. The second kappa shape index (κ2) is 6.54. The summed E-state index contributed by atoms with van der Waals surface area (Å²) in [7, 11) is 1.63. The first-order valence-electron chi connectivity index (χ1n) is 10.4. The molecular weight excluding hydrogens is 386 g/mol. The van der Waals surface area contributed by atoms with Crippen LogP contribution in [0.15, 0.2) is 72.8 Å². The van der Waals surface area contributed by atoms with Gasteiger partial charge in [-0.25, -0.2) is 0 Å². The second-order valence-corrected chi connectivity index (χ2v) is 7.94. The smallest absolute Gasteiger partial charge is 0.196 e. The number of aryl methyl sites for hydroxylation is 1. The summed E-state index contributed by atoms with van der Waals surface area (Å²) in [6, 6.07) is 23.0. The number of benzene rings is 3. The van der Waals surface area contributed by atoms with Crippen LogP contribution in [0.25, 0.3) is 22.5 Å². The Bertz CT molecular complexity index is 1390. The molecule has 31 heavy (non-hydrogen) atoms. The maximum Gasteiger partial charge on any atom is 0.196 e. The minimum absolute atomic E-state index is 0.0783. The van der Waals surface area contributed by atoms with Gasteiger partial charge in [0.15, 0.2) is 11.6 Å². The van der Waals surface area contributed by atoms with Crippen LogP contribution in [-0.4, -0.2) is 23.2 Å². The van der Waals surface area contributed by atoms with Crippen LogP contribution < -0.4 is 4.74 Å². The van der Waals surface area contributed by atoms with E-state index < -0.39 is 0 Å². The Labute approximate surface area is 179 Å². The van der Waals surface area contributed by atoms with Gasteiger partial charge < -0.3 is 9.30 Å². The molecule has 2 heterocycles. The topological polar surface area (TPSA) is 48.3 Å². The zero-order chi connectivity index (χ0) is 21.1. The van der Waals surface area contributed by atoms with E-state index >= 15 is 0 Å². The molecule has 0 saturated carbocycles. The van der Waals surface area contributed by atoms with Gasteiger partial charge in [-0.2, -0.15) is 0 Å². The molecule has 4 nitrogen and oxygen atoms in total. The lowest BCUT2D eigenvalue weighted by molar-refractivity contribution is 0.0981. The van der Waals surface area contributed by atoms with Crippen molar-refractivity contribution in [3.8, 4) is 28.3 Å². The van der Waals surface area contributed by atoms with E-state index in [4.69, 9.17) is 4.74 Å². The molecule has 4 aromatic rings. The van der Waals surface area contributed by atoms with E-state index in [0.29, 0.717) is 22.3 Å². The lowest BCUT2D eigenvalue weighted by Gasteiger charge is -2.22. The molecule has 0 atom stereocenters. The van der Waals surface area contributed by atoms with Crippen LogP contribution in [0.3, 0.4) is 0 Å². The van der Waals surface area contributed by atoms with Crippen molar-refractivity contribution < 1.29 is 14.3 Å². The van der Waals surface area contributed by atoms with Gasteiger partial charge in [0.2, 0.25) is 0 Å². The molecule has 150 valence electrons. The van der Waals surface area contributed by atoms with Gasteiger partial charge in [0.05, 0.1) is 29.6 Å². The standard InChI is InChI=1S/C27H19NO3/c1-31-18-12-10-17(11-13-18)24-22-23(27(30)21-9-5-4-8-20(21)26(22)29)25-19-7-3-2-6-16(19)14-15-28(24)25/h2-13H,14-15H2,1H3. The second-order valence-electron chi connectivity index (χ2n) is 7.94. The Kier molecular flexibility index (Phi) is 3.78. The first-order valence-corrected chi connectivity index (χ1v) is 10.4. The summed E-state index contributed by atoms with van der Waals surface area (Å²) in [6.07, 6.45) is 0.856. The van der Waals surface area contributed by atoms with Gasteiger partial charge in [-0.3, -0.25) is 9.59 Å². The molecule has 6 rings (SSSR count). The van der Waals surface area contributed by atoms with Gasteiger partial charge in [0.25, 0.3) is 0 Å². The van der Waals surface area contributed by atoms with Crippen LogP contribution in [0.4, 0.5) is 0 Å². The third-order valence-electron chi connectivity index (χ3n) is 6.37. The van der Waals surface area contributed by atoms with E-state index in [1.54, 1.807) is 19.2 Å². The molecule has 1 aromatic heterocycles. The van der Waals surface area contributed by atoms with Gasteiger partial charge in [0, 0.05) is 23.2 Å². The maximum absolute atomic E-state index is 13.7. The monoisotopic (exact) mass is 405 g/mol. The number of aromatic nitrogens is 1. The van der Waals surface area contributed by atoms with Gasteiger partial charge in [0.1, 0.15) is 5.75 Å². The van der Waals surface area contributed by atoms with Crippen molar-refractivity contribution in [2.75, 3.05) is 7.11 Å². The fourth-order valence-corrected chi connectivity index (χ4v) is 4.96. The quantitative estimate of drug-likeness (QED) is 0.407. The van der Waals surface area contributed by atoms with Crippen LogP contribution in [0, 0.1) is 0 Å². The third-order valence-corrected chi connectivity index (χ3v) is 6.37. The van der Waals surface area contributed by atoms with E-state index in [0.717, 1.165) is 41.2 Å². The number of ketones is 2. The largest absolute Gasteiger partial charge is 0.497 e. The lowest BCUT2D eigenvalue weighted by atomic mass is 9.82. The molecule has 0 spiro atoms. The van der Waals surface area contributed by atoms with Crippen molar-refractivity contribution in [3.63, 3.8) is 0 Å². The summed E-state index contributed by atoms with van der Waals surface area (Å²) in [5.41, 5.74) is 6.82. The summed E-state index contributed by atoms with van der Waals surface area (Å²) < 4.78 is 7.48. The number of carbonyl (C=O) groups is 2. The SMILES string of the molecule is COc1ccc(-c2c3c(c4n2CCc2ccccc2-4)C(=O)c2ccccc2C3=O)cc1. The molecule has 1 aliphatic heterocycles. The van der Waals surface area contributed by atoms with Crippen LogP contribution in [0.1, 0.15) is 37.4 Å². The fourth-order valence-electron chi connectivity index (χ4n) is 4.96. The Morgan fingerprint density at radius 1 is 0.710 bits per heavy atom. The lowest BCUT2D eigenvalue weighted by Crippen LogP contribution is -2.20. The molecule has 0 N–H and O–H groups in total. The summed E-state index contributed by atoms with van der Waals surface area (Å²) >= 11 is 0. The average molecular weight is 405 g/mol. The summed E-state index contributed by atoms with van der Waals surface area (Å²) in [4.78, 5) is 27.4. The highest BCUT2D eigenvalue weighted by Crippen LogP contribution is 2.45. The summed E-state index contributed by atoms with van der Waals surface area (Å²) in [5.74, 6) is 0.585. The molecule has 0 fully saturated rings. The number of carbonyl (C=O) groups excluding carboxylic acids is 2. The van der Waals surface area contributed by atoms with Crippen molar-refractivity contribution in [1.29, 1.82) is 0 Å². The highest BCUT2D eigenvalue weighted by molar-refractivity contribution is 6.32. The number of methoxy groups -OCH3 is 1. The number of fused-ring (bicyclic) bond motifs is 6. The van der Waals surface area contributed by atoms with Crippen LogP contribution in [0.5, 0.6) is 5.75 Å². The Morgan fingerprint density at radius 2 is 1.29 bits per heavy atom. The van der Waals surface area contributed by atoms with Gasteiger partial charge in [-0.05, 0) is 41.8 Å². The van der Waals surface area contributed by atoms with Crippen molar-refractivity contribution in [2.24, 2.45) is 0 Å². The molecule has 0 saturated heterocycles. The van der Waals surface area contributed by atoms with E-state index in [9.17, 15) is 9.59 Å². The van der Waals surface area contributed by atoms with Gasteiger partial charge in [-0.15, -0.1) is 0 Å². The predicted molar refractivity (Wildman–Crippen MR) is 119 cm³/mol. The Hall–Kier alpha value is -3.92. The average Bonchev–Trinajstić information content (AvgIpc) is 3.19. The maximum atomic E-state index is 13.7. The number of ether oxygens (including phenoxy) is 1. The zero-order valence-corrected chi connectivity index (χ0v) is 17.0. The number of rotatable bonds is 2. The molecule has 1 aliphatic carbocycles. The molecule has 4 heteroatoms. The van der Waals surface area contributed by atoms with Crippen molar-refractivity contribution in [1.82, 2.24) is 4.57 Å². The van der Waals surface area contributed by atoms with Gasteiger partial charge in [-0.1, -0.05) is 48.5 Å². The van der Waals surface area contributed by atoms with Crippen molar-refractivity contribution >= 4 is 11.6 Å². The predicted octanol–water partition coefficient (Wildman–Crippen LogP) is 5.16. The molecule has 0 bridgehead atoms. The fraction of sp³-hybridized carbons (Fsp3) is 0.111. The highest BCUT2D eigenvalue weighted by Gasteiger charge is 2.39. The van der Waals surface area contributed by atoms with Crippen LogP contribution in [-0.2, 0) is 13.0 Å². The zero-order valence-electron chi connectivity index (χ0n) is 17.0. The molecule has 0 radical (unpaired) electrons. The number of nitrogens with zero attached hydrogens (tertiary/aromatic N) is 1. The molecule has 0 unspecified atom stereocenters. The Balaban J connectivity index is 1.72. The van der Waals surface area contributed by atoms with E-state index in [1.165, 1.54) is 5.56 Å². The minimum Gasteiger partial charge on any atom is -0.497 e. The molecular formula is C27H19NO3. The first-order chi connectivity index (χ1) is 15.2. The summed E-state index contributed by atoms with van der Waals surface area (Å²) in [6.45, 7) is 0.720. The van der Waals surface area contributed by atoms with Crippen molar-refractivity contribution in [3.05, 3.63) is 101 Å². The first kappa shape index (κ1) is 17.9. The molecule has 2 aliphatic rings. The minimum atomic E-state index is -0.0876. The Morgan fingerprint density at radius 3 is 1.94 bits per heavy atom. The van der Waals surface area contributed by atoms with Crippen LogP contribution >= 0.6 is 0 Å². The van der Waals surface area contributed by atoms with Gasteiger partial charge >= 0.3 is 0 Å². The molecule has 3 aromatic carbocycles. The van der Waals surface area contributed by atoms with E-state index in [-0.39, 0.29) is 11.6 Å². The normalized spacial score (nSPS) is 13.8. The van der Waals surface area contributed by atoms with E-state index in [2.05, 4.69) is 16.7 Å². The van der Waals surface area contributed by atoms with Crippen LogP contribution in [0.2, 0.25) is 0 Å². The molecule has 0 amide bonds. The number of hydrogen-bond acceptors (Lipinski definition) is 3. The van der Waals surface area contributed by atoms with E-state index in [1.807, 2.05) is 48.5 Å². The van der Waals surface area contributed by atoms with Crippen molar-refractivity contribution in [2.45, 2.75) is 13.0 Å². The number of hydrogen-bond donors (Lipinski definition) is 0.